The van der Waals surface area contributed by atoms with Gasteiger partial charge in [0.25, 0.3) is 11.5 Å². The monoisotopic (exact) mass is 634 g/mol. The Morgan fingerprint density at radius 1 is 1.14 bits per heavy atom. The van der Waals surface area contributed by atoms with Crippen LogP contribution in [-0.2, 0) is 5.75 Å². The molecule has 3 aromatic carbocycles. The van der Waals surface area contributed by atoms with Gasteiger partial charge in [-0.15, -0.1) is 11.8 Å². The van der Waals surface area contributed by atoms with E-state index in [-0.39, 0.29) is 27.3 Å². The van der Waals surface area contributed by atoms with Crippen molar-refractivity contribution in [3.63, 3.8) is 0 Å². The number of aromatic nitrogens is 2. The molecule has 11 heteroatoms. The van der Waals surface area contributed by atoms with E-state index < -0.39 is 5.82 Å². The van der Waals surface area contributed by atoms with Gasteiger partial charge in [0.1, 0.15) is 29.7 Å². The maximum atomic E-state index is 13.7. The molecule has 0 N–H and O–H groups in total. The molecule has 1 amide bonds. The average molecular weight is 635 g/mol. The second kappa shape index (κ2) is 11.9. The summed E-state index contributed by atoms with van der Waals surface area (Å²) in [4.78, 5) is 37.8. The first-order chi connectivity index (χ1) is 21.0. The third-order valence-corrected chi connectivity index (χ3v) is 9.59. The molecule has 1 saturated heterocycles. The van der Waals surface area contributed by atoms with E-state index in [1.54, 1.807) is 44.0 Å². The predicted octanol–water partition coefficient (Wildman–Crippen LogP) is 6.91. The van der Waals surface area contributed by atoms with Gasteiger partial charge in [0.2, 0.25) is 0 Å². The maximum absolute atomic E-state index is 13.7. The molecular formula is C33H32ClFN4O4S. The van der Waals surface area contributed by atoms with Crippen molar-refractivity contribution < 1.29 is 18.7 Å². The van der Waals surface area contributed by atoms with Gasteiger partial charge >= 0.3 is 0 Å². The van der Waals surface area contributed by atoms with Crippen LogP contribution in [0, 0.1) is 12.7 Å². The SMILES string of the molecule is COc1cc2c(cc1CSC(C)(C)COc1ccc3nc(C)n(-c4ccc(F)c(Cl)c4)c(=O)c3c1)N=CC1CCCN1C2=O. The van der Waals surface area contributed by atoms with Crippen LogP contribution in [0.3, 0.4) is 0 Å². The number of aryl methyl sites for hydroxylation is 1. The van der Waals surface area contributed by atoms with Crippen molar-refractivity contribution in [1.29, 1.82) is 0 Å². The average Bonchev–Trinajstić information content (AvgIpc) is 3.43. The summed E-state index contributed by atoms with van der Waals surface area (Å²) < 4.78 is 26.7. The van der Waals surface area contributed by atoms with Gasteiger partial charge in [0, 0.05) is 28.8 Å². The number of aliphatic imine (C=N–C) groups is 1. The van der Waals surface area contributed by atoms with Crippen LogP contribution in [0.15, 0.2) is 58.3 Å². The maximum Gasteiger partial charge on any atom is 0.266 e. The molecule has 1 aromatic heterocycles. The number of amides is 1. The van der Waals surface area contributed by atoms with Gasteiger partial charge in [0.05, 0.1) is 46.0 Å². The highest BCUT2D eigenvalue weighted by molar-refractivity contribution is 7.99. The number of rotatable bonds is 8. The fraction of sp³-hybridized carbons (Fsp3) is 0.333. The Morgan fingerprint density at radius 3 is 2.73 bits per heavy atom. The molecule has 1 fully saturated rings. The smallest absolute Gasteiger partial charge is 0.266 e. The van der Waals surface area contributed by atoms with Crippen LogP contribution in [0.1, 0.15) is 48.4 Å². The van der Waals surface area contributed by atoms with Gasteiger partial charge in [-0.25, -0.2) is 9.37 Å². The summed E-state index contributed by atoms with van der Waals surface area (Å²) in [5, 5.41) is 0.306. The number of hydrogen-bond donors (Lipinski definition) is 0. The molecule has 0 bridgehead atoms. The molecule has 4 aromatic rings. The summed E-state index contributed by atoms with van der Waals surface area (Å²) in [5.74, 6) is 1.71. The largest absolute Gasteiger partial charge is 0.496 e. The van der Waals surface area contributed by atoms with Gasteiger partial charge in [-0.3, -0.25) is 19.1 Å². The number of thioether (sulfide) groups is 1. The minimum absolute atomic E-state index is 0.000185. The highest BCUT2D eigenvalue weighted by Crippen LogP contribution is 2.38. The second-order valence-corrected chi connectivity index (χ2v) is 13.7. The highest BCUT2D eigenvalue weighted by atomic mass is 35.5. The molecule has 1 unspecified atom stereocenters. The van der Waals surface area contributed by atoms with Crippen molar-refractivity contribution in [3.8, 4) is 17.2 Å². The Morgan fingerprint density at radius 2 is 1.95 bits per heavy atom. The molecule has 0 radical (unpaired) electrons. The van der Waals surface area contributed by atoms with E-state index in [9.17, 15) is 14.0 Å². The first kappa shape index (κ1) is 30.1. The lowest BCUT2D eigenvalue weighted by atomic mass is 10.1. The van der Waals surface area contributed by atoms with Crippen molar-refractivity contribution >= 4 is 52.1 Å². The first-order valence-corrected chi connectivity index (χ1v) is 15.7. The molecule has 2 aliphatic heterocycles. The number of carbonyl (C=O) groups excluding carboxylic acids is 1. The van der Waals surface area contributed by atoms with Crippen LogP contribution in [-0.4, -0.2) is 57.6 Å². The predicted molar refractivity (Wildman–Crippen MR) is 173 cm³/mol. The van der Waals surface area contributed by atoms with E-state index in [4.69, 9.17) is 21.1 Å². The molecule has 1 atom stereocenters. The number of nitrogens with zero attached hydrogens (tertiary/aromatic N) is 4. The number of hydrogen-bond acceptors (Lipinski definition) is 7. The van der Waals surface area contributed by atoms with Crippen LogP contribution < -0.4 is 15.0 Å². The summed E-state index contributed by atoms with van der Waals surface area (Å²) in [6, 6.07) is 13.2. The molecule has 44 heavy (non-hydrogen) atoms. The van der Waals surface area contributed by atoms with Crippen molar-refractivity contribution in [3.05, 3.63) is 86.7 Å². The van der Waals surface area contributed by atoms with E-state index in [0.29, 0.717) is 57.5 Å². The van der Waals surface area contributed by atoms with E-state index in [1.807, 2.05) is 23.2 Å². The lowest BCUT2D eigenvalue weighted by molar-refractivity contribution is 0.0774. The number of carbonyl (C=O) groups is 1. The Bertz CT molecular complexity index is 1880. The van der Waals surface area contributed by atoms with Crippen LogP contribution in [0.25, 0.3) is 16.6 Å². The summed E-state index contributed by atoms with van der Waals surface area (Å²) >= 11 is 7.67. The van der Waals surface area contributed by atoms with E-state index >= 15 is 0 Å². The molecule has 2 aliphatic rings. The first-order valence-electron chi connectivity index (χ1n) is 14.4. The Kier molecular flexibility index (Phi) is 8.15. The fourth-order valence-corrected chi connectivity index (χ4v) is 6.67. The van der Waals surface area contributed by atoms with E-state index in [2.05, 4.69) is 23.8 Å². The number of ether oxygens (including phenoxy) is 2. The van der Waals surface area contributed by atoms with Crippen LogP contribution in [0.4, 0.5) is 10.1 Å². The topological polar surface area (TPSA) is 86.0 Å². The van der Waals surface area contributed by atoms with Crippen LogP contribution >= 0.6 is 23.4 Å². The highest BCUT2D eigenvalue weighted by Gasteiger charge is 2.32. The van der Waals surface area contributed by atoms with Gasteiger partial charge in [-0.2, -0.15) is 0 Å². The third-order valence-electron chi connectivity index (χ3n) is 7.95. The van der Waals surface area contributed by atoms with Crippen molar-refractivity contribution in [2.45, 2.75) is 50.2 Å². The number of halogens is 2. The number of benzene rings is 3. The summed E-state index contributed by atoms with van der Waals surface area (Å²) in [7, 11) is 1.61. The number of fused-ring (bicyclic) bond motifs is 3. The zero-order chi connectivity index (χ0) is 31.2. The van der Waals surface area contributed by atoms with Crippen molar-refractivity contribution in [2.75, 3.05) is 20.3 Å². The normalized spacial score (nSPS) is 16.2. The van der Waals surface area contributed by atoms with Crippen molar-refractivity contribution in [2.24, 2.45) is 4.99 Å². The lowest BCUT2D eigenvalue weighted by Gasteiger charge is -2.25. The van der Waals surface area contributed by atoms with E-state index in [0.717, 1.165) is 24.9 Å². The minimum atomic E-state index is -0.560. The Balaban J connectivity index is 1.19. The quantitative estimate of drug-likeness (QED) is 0.209. The summed E-state index contributed by atoms with van der Waals surface area (Å²) in [5.41, 5.74) is 2.86. The molecule has 0 spiro atoms. The molecule has 8 nitrogen and oxygen atoms in total. The molecule has 3 heterocycles. The lowest BCUT2D eigenvalue weighted by Crippen LogP contribution is -2.35. The third kappa shape index (κ3) is 5.80. The summed E-state index contributed by atoms with van der Waals surface area (Å²) in [6.07, 6.45) is 3.81. The van der Waals surface area contributed by atoms with Gasteiger partial charge in [-0.1, -0.05) is 11.6 Å². The standard InChI is InChI=1S/C33H32ClFN4O4S/c1-19-37-28-10-8-23(14-24(28)32(41)39(19)21-7-9-27(35)26(34)13-21)43-18-33(2,3)44-17-20-12-29-25(15-30(20)42-4)31(40)38-11-5-6-22(38)16-36-29/h7-10,12-16,22H,5-6,11,17-18H2,1-4H3. The van der Waals surface area contributed by atoms with Crippen LogP contribution in [0.2, 0.25) is 5.02 Å². The number of methoxy groups -OCH3 is 1. The fourth-order valence-electron chi connectivity index (χ4n) is 5.58. The zero-order valence-corrected chi connectivity index (χ0v) is 26.5. The van der Waals surface area contributed by atoms with Gasteiger partial charge in [-0.05, 0) is 82.1 Å². The molecule has 6 rings (SSSR count). The molecule has 0 aliphatic carbocycles. The van der Waals surface area contributed by atoms with Crippen molar-refractivity contribution in [1.82, 2.24) is 14.5 Å². The van der Waals surface area contributed by atoms with Gasteiger partial charge in [0.15, 0.2) is 0 Å². The van der Waals surface area contributed by atoms with Crippen LogP contribution in [0.5, 0.6) is 11.5 Å². The second-order valence-electron chi connectivity index (χ2n) is 11.6. The Hall–Kier alpha value is -3.89. The Labute approximate surface area is 263 Å². The zero-order valence-electron chi connectivity index (χ0n) is 24.9. The van der Waals surface area contributed by atoms with E-state index in [1.165, 1.54) is 22.8 Å². The van der Waals surface area contributed by atoms with Gasteiger partial charge < -0.3 is 14.4 Å². The molecule has 0 saturated carbocycles. The summed E-state index contributed by atoms with van der Waals surface area (Å²) in [6.45, 7) is 7.00. The molecule has 228 valence electrons. The molecular weight excluding hydrogens is 603 g/mol. The minimum Gasteiger partial charge on any atom is -0.496 e.